The van der Waals surface area contributed by atoms with Crippen LogP contribution in [-0.2, 0) is 13.0 Å². The Morgan fingerprint density at radius 1 is 1.62 bits per heavy atom. The molecule has 5 nitrogen and oxygen atoms in total. The quantitative estimate of drug-likeness (QED) is 0.778. The average molecular weight is 241 g/mol. The molecule has 1 aliphatic rings. The van der Waals surface area contributed by atoms with Crippen LogP contribution in [0.5, 0.6) is 0 Å². The topological polar surface area (TPSA) is 58.1 Å². The summed E-state index contributed by atoms with van der Waals surface area (Å²) in [5.74, 6) is 0.430. The van der Waals surface area contributed by atoms with Crippen LogP contribution < -0.4 is 5.32 Å². The fraction of sp³-hybridized carbons (Fsp3) is 0.500. The van der Waals surface area contributed by atoms with Crippen LogP contribution in [0, 0.1) is 0 Å². The van der Waals surface area contributed by atoms with E-state index in [1.807, 2.05) is 0 Å². The number of nitrogens with zero attached hydrogens (tertiary/aromatic N) is 3. The number of carbonyl (C=O) groups is 1. The summed E-state index contributed by atoms with van der Waals surface area (Å²) in [6.45, 7) is 1.76. The fourth-order valence-corrected chi connectivity index (χ4v) is 1.80. The molecule has 0 fully saturated rings. The highest BCUT2D eigenvalue weighted by Gasteiger charge is 2.20. The van der Waals surface area contributed by atoms with Crippen LogP contribution in [0.2, 0.25) is 0 Å². The van der Waals surface area contributed by atoms with Gasteiger partial charge in [-0.3, -0.25) is 0 Å². The van der Waals surface area contributed by atoms with Gasteiger partial charge in [-0.15, -0.1) is 11.6 Å². The monoisotopic (exact) mass is 240 g/mol. The van der Waals surface area contributed by atoms with Crippen molar-refractivity contribution >= 4 is 17.6 Å². The molecule has 2 rings (SSSR count). The van der Waals surface area contributed by atoms with E-state index in [-0.39, 0.29) is 6.03 Å². The van der Waals surface area contributed by atoms with Gasteiger partial charge >= 0.3 is 6.03 Å². The molecule has 1 aromatic heterocycles. The van der Waals surface area contributed by atoms with E-state index in [9.17, 15) is 4.79 Å². The minimum atomic E-state index is -0.0739. The first kappa shape index (κ1) is 11.1. The zero-order valence-electron chi connectivity index (χ0n) is 8.82. The molecule has 1 N–H and O–H groups in total. The molecule has 0 aromatic carbocycles. The van der Waals surface area contributed by atoms with Gasteiger partial charge in [-0.25, -0.2) is 14.8 Å². The van der Waals surface area contributed by atoms with Gasteiger partial charge in [0.05, 0.1) is 12.2 Å². The Hall–Kier alpha value is -1.36. The highest BCUT2D eigenvalue weighted by atomic mass is 35.5. The third kappa shape index (κ3) is 2.41. The van der Waals surface area contributed by atoms with Crippen molar-refractivity contribution in [2.24, 2.45) is 0 Å². The molecule has 86 valence electrons. The molecular weight excluding hydrogens is 228 g/mol. The largest absolute Gasteiger partial charge is 0.337 e. The summed E-state index contributed by atoms with van der Waals surface area (Å²) in [6.07, 6.45) is 4.09. The van der Waals surface area contributed by atoms with Crippen molar-refractivity contribution in [2.45, 2.75) is 13.0 Å². The average Bonchev–Trinajstić information content (AvgIpc) is 2.35. The lowest BCUT2D eigenvalue weighted by Gasteiger charge is -2.27. The van der Waals surface area contributed by atoms with Crippen LogP contribution in [0.3, 0.4) is 0 Å². The van der Waals surface area contributed by atoms with Crippen LogP contribution in [-0.4, -0.2) is 39.9 Å². The number of rotatable bonds is 2. The van der Waals surface area contributed by atoms with Crippen LogP contribution >= 0.6 is 11.6 Å². The number of fused-ring (bicyclic) bond motifs is 1. The number of hydrogen-bond acceptors (Lipinski definition) is 3. The zero-order chi connectivity index (χ0) is 11.4. The Bertz CT molecular complexity index is 385. The molecule has 0 saturated carbocycles. The number of amides is 2. The Morgan fingerprint density at radius 2 is 2.50 bits per heavy atom. The van der Waals surface area contributed by atoms with Crippen molar-refractivity contribution in [3.05, 3.63) is 23.8 Å². The lowest BCUT2D eigenvalue weighted by atomic mass is 10.1. The second-order valence-electron chi connectivity index (χ2n) is 3.59. The number of hydrogen-bond donors (Lipinski definition) is 1. The zero-order valence-corrected chi connectivity index (χ0v) is 9.57. The van der Waals surface area contributed by atoms with E-state index >= 15 is 0 Å². The van der Waals surface area contributed by atoms with Gasteiger partial charge in [-0.05, 0) is 0 Å². The molecule has 0 unspecified atom stereocenters. The van der Waals surface area contributed by atoms with Gasteiger partial charge in [0.2, 0.25) is 0 Å². The molecule has 16 heavy (non-hydrogen) atoms. The van der Waals surface area contributed by atoms with E-state index in [4.69, 9.17) is 11.6 Å². The van der Waals surface area contributed by atoms with Gasteiger partial charge in [-0.1, -0.05) is 0 Å². The standard InChI is InChI=1S/C10H13ClN4O/c11-2-3-13-10(16)15-4-1-9-8(6-15)5-12-7-14-9/h5,7H,1-4,6H2,(H,13,16). The summed E-state index contributed by atoms with van der Waals surface area (Å²) in [5, 5.41) is 2.75. The number of halogens is 1. The second-order valence-corrected chi connectivity index (χ2v) is 3.97. The Labute approximate surface area is 98.8 Å². The molecule has 0 aliphatic carbocycles. The molecule has 0 spiro atoms. The Balaban J connectivity index is 1.99. The highest BCUT2D eigenvalue weighted by Crippen LogP contribution is 2.14. The number of aromatic nitrogens is 2. The third-order valence-electron chi connectivity index (χ3n) is 2.52. The number of carbonyl (C=O) groups excluding carboxylic acids is 1. The molecular formula is C10H13ClN4O. The molecule has 0 saturated heterocycles. The van der Waals surface area contributed by atoms with Gasteiger partial charge < -0.3 is 10.2 Å². The molecule has 2 heterocycles. The summed E-state index contributed by atoms with van der Waals surface area (Å²) >= 11 is 5.51. The summed E-state index contributed by atoms with van der Waals surface area (Å²) in [4.78, 5) is 21.6. The van der Waals surface area contributed by atoms with Crippen LogP contribution in [0.25, 0.3) is 0 Å². The first-order chi connectivity index (χ1) is 7.81. The van der Waals surface area contributed by atoms with Crippen molar-refractivity contribution in [1.29, 1.82) is 0 Å². The van der Waals surface area contributed by atoms with Crippen LogP contribution in [0.1, 0.15) is 11.3 Å². The predicted octanol–water partition coefficient (Wildman–Crippen LogP) is 0.783. The number of urea groups is 1. The molecule has 0 radical (unpaired) electrons. The van der Waals surface area contributed by atoms with E-state index in [1.165, 1.54) is 0 Å². The minimum Gasteiger partial charge on any atom is -0.337 e. The number of nitrogens with one attached hydrogen (secondary N) is 1. The molecule has 1 aliphatic heterocycles. The smallest absolute Gasteiger partial charge is 0.317 e. The maximum absolute atomic E-state index is 11.7. The summed E-state index contributed by atoms with van der Waals surface area (Å²) in [5.41, 5.74) is 2.06. The van der Waals surface area contributed by atoms with Crippen molar-refractivity contribution in [2.75, 3.05) is 19.0 Å². The molecule has 0 bridgehead atoms. The summed E-state index contributed by atoms with van der Waals surface area (Å²) in [7, 11) is 0. The van der Waals surface area contributed by atoms with Crippen molar-refractivity contribution in [3.63, 3.8) is 0 Å². The van der Waals surface area contributed by atoms with E-state index in [0.717, 1.165) is 17.7 Å². The maximum atomic E-state index is 11.7. The van der Waals surface area contributed by atoms with Gasteiger partial charge in [0.1, 0.15) is 6.33 Å². The SMILES string of the molecule is O=C(NCCCl)N1CCc2ncncc2C1. The predicted molar refractivity (Wildman–Crippen MR) is 60.3 cm³/mol. The minimum absolute atomic E-state index is 0.0739. The van der Waals surface area contributed by atoms with Crippen LogP contribution in [0.15, 0.2) is 12.5 Å². The summed E-state index contributed by atoms with van der Waals surface area (Å²) < 4.78 is 0. The third-order valence-corrected chi connectivity index (χ3v) is 2.71. The summed E-state index contributed by atoms with van der Waals surface area (Å²) in [6, 6.07) is -0.0739. The van der Waals surface area contributed by atoms with Crippen molar-refractivity contribution in [3.8, 4) is 0 Å². The fourth-order valence-electron chi connectivity index (χ4n) is 1.71. The van der Waals surface area contributed by atoms with E-state index in [2.05, 4.69) is 15.3 Å². The Kier molecular flexibility index (Phi) is 3.56. The highest BCUT2D eigenvalue weighted by molar-refractivity contribution is 6.18. The molecule has 2 amide bonds. The normalized spacial score (nSPS) is 14.4. The van der Waals surface area contributed by atoms with E-state index < -0.39 is 0 Å². The lowest BCUT2D eigenvalue weighted by Crippen LogP contribution is -2.43. The second kappa shape index (κ2) is 5.12. The van der Waals surface area contributed by atoms with Gasteiger partial charge in [-0.2, -0.15) is 0 Å². The van der Waals surface area contributed by atoms with E-state index in [1.54, 1.807) is 17.4 Å². The molecule has 0 atom stereocenters. The molecule has 6 heteroatoms. The van der Waals surface area contributed by atoms with Gasteiger partial charge in [0, 0.05) is 37.2 Å². The lowest BCUT2D eigenvalue weighted by molar-refractivity contribution is 0.192. The first-order valence-electron chi connectivity index (χ1n) is 5.17. The maximum Gasteiger partial charge on any atom is 0.317 e. The number of alkyl halides is 1. The van der Waals surface area contributed by atoms with Gasteiger partial charge in [0.25, 0.3) is 0 Å². The Morgan fingerprint density at radius 3 is 3.31 bits per heavy atom. The molecule has 1 aromatic rings. The first-order valence-corrected chi connectivity index (χ1v) is 5.71. The van der Waals surface area contributed by atoms with Crippen LogP contribution in [0.4, 0.5) is 4.79 Å². The van der Waals surface area contributed by atoms with Crippen molar-refractivity contribution < 1.29 is 4.79 Å². The van der Waals surface area contributed by atoms with E-state index in [0.29, 0.717) is 25.5 Å². The van der Waals surface area contributed by atoms with Gasteiger partial charge in [0.15, 0.2) is 0 Å². The van der Waals surface area contributed by atoms with Crippen molar-refractivity contribution in [1.82, 2.24) is 20.2 Å².